The minimum Gasteiger partial charge on any atom is -0.406 e. The van der Waals surface area contributed by atoms with Gasteiger partial charge in [-0.2, -0.15) is 0 Å². The molecule has 3 rings (SSSR count). The maximum atomic E-state index is 12.2. The fourth-order valence-corrected chi connectivity index (χ4v) is 2.69. The number of hydrogen-bond acceptors (Lipinski definition) is 3. The van der Waals surface area contributed by atoms with Crippen LogP contribution in [0.5, 0.6) is 5.75 Å². The van der Waals surface area contributed by atoms with E-state index in [4.69, 9.17) is 0 Å². The molecule has 26 heavy (non-hydrogen) atoms. The van der Waals surface area contributed by atoms with Crippen LogP contribution < -0.4 is 10.3 Å². The van der Waals surface area contributed by atoms with Gasteiger partial charge in [0.05, 0.1) is 0 Å². The number of imidazole rings is 1. The number of rotatable bonds is 4. The third kappa shape index (κ3) is 3.96. The average Bonchev–Trinajstić information content (AvgIpc) is 3.01. The number of aromatic nitrogens is 3. The number of halogens is 3. The Balaban J connectivity index is 1.85. The van der Waals surface area contributed by atoms with Crippen molar-refractivity contribution in [3.63, 3.8) is 0 Å². The van der Waals surface area contributed by atoms with Crippen LogP contribution in [0.4, 0.5) is 13.2 Å². The molecule has 5 nitrogen and oxygen atoms in total. The summed E-state index contributed by atoms with van der Waals surface area (Å²) >= 11 is 0. The highest BCUT2D eigenvalue weighted by atomic mass is 19.4. The maximum Gasteiger partial charge on any atom is 0.573 e. The highest BCUT2D eigenvalue weighted by Gasteiger charge is 2.30. The lowest BCUT2D eigenvalue weighted by Crippen LogP contribution is -2.18. The van der Waals surface area contributed by atoms with Crippen LogP contribution in [0.2, 0.25) is 0 Å². The molecular weight excluding hydrogens is 347 g/mol. The Morgan fingerprint density at radius 2 is 1.88 bits per heavy atom. The van der Waals surface area contributed by atoms with Crippen molar-refractivity contribution in [2.24, 2.45) is 7.05 Å². The predicted octanol–water partition coefficient (Wildman–Crippen LogP) is 3.50. The fourth-order valence-electron chi connectivity index (χ4n) is 2.69. The number of pyridine rings is 1. The quantitative estimate of drug-likeness (QED) is 0.713. The number of benzene rings is 1. The standard InChI is InChI=1S/C18H16F3N3O2/c1-12-9-14(11-23(2)17(12)25)16-22-7-8-24(16)10-13-3-5-15(6-4-13)26-18(19,20)21/h3-9,11H,10H2,1-2H3. The van der Waals surface area contributed by atoms with Gasteiger partial charge < -0.3 is 13.9 Å². The van der Waals surface area contributed by atoms with Crippen molar-refractivity contribution in [2.75, 3.05) is 0 Å². The molecule has 2 heterocycles. The van der Waals surface area contributed by atoms with Gasteiger partial charge in [-0.15, -0.1) is 13.2 Å². The number of hydrogen-bond donors (Lipinski definition) is 0. The SMILES string of the molecule is Cc1cc(-c2nccn2Cc2ccc(OC(F)(F)F)cc2)cn(C)c1=O. The van der Waals surface area contributed by atoms with Crippen molar-refractivity contribution in [3.8, 4) is 17.1 Å². The minimum absolute atomic E-state index is 0.0768. The van der Waals surface area contributed by atoms with Gasteiger partial charge in [0.1, 0.15) is 11.6 Å². The van der Waals surface area contributed by atoms with Crippen LogP contribution in [0.3, 0.4) is 0 Å². The predicted molar refractivity (Wildman–Crippen MR) is 89.9 cm³/mol. The van der Waals surface area contributed by atoms with Gasteiger partial charge in [-0.1, -0.05) is 12.1 Å². The molecule has 136 valence electrons. The molecular formula is C18H16F3N3O2. The van der Waals surface area contributed by atoms with E-state index in [0.717, 1.165) is 11.1 Å². The summed E-state index contributed by atoms with van der Waals surface area (Å²) in [6.07, 6.45) is 0.404. The second kappa shape index (κ2) is 6.70. The van der Waals surface area contributed by atoms with Crippen molar-refractivity contribution < 1.29 is 17.9 Å². The van der Waals surface area contributed by atoms with Crippen LogP contribution >= 0.6 is 0 Å². The number of nitrogens with zero attached hydrogens (tertiary/aromatic N) is 3. The fraction of sp³-hybridized carbons (Fsp3) is 0.222. The lowest BCUT2D eigenvalue weighted by atomic mass is 10.2. The number of alkyl halides is 3. The van der Waals surface area contributed by atoms with Gasteiger partial charge in [0.15, 0.2) is 0 Å². The Bertz CT molecular complexity index is 946. The molecule has 0 unspecified atom stereocenters. The number of aryl methyl sites for hydroxylation is 2. The van der Waals surface area contributed by atoms with Gasteiger partial charge in [-0.3, -0.25) is 4.79 Å². The third-order valence-electron chi connectivity index (χ3n) is 3.85. The molecule has 0 saturated heterocycles. The summed E-state index contributed by atoms with van der Waals surface area (Å²) in [5, 5.41) is 0. The molecule has 3 aromatic rings. The van der Waals surface area contributed by atoms with E-state index in [0.29, 0.717) is 17.9 Å². The van der Waals surface area contributed by atoms with Crippen molar-refractivity contribution >= 4 is 0 Å². The topological polar surface area (TPSA) is 49.0 Å². The second-order valence-corrected chi connectivity index (χ2v) is 5.90. The highest BCUT2D eigenvalue weighted by Crippen LogP contribution is 2.24. The molecule has 0 N–H and O–H groups in total. The summed E-state index contributed by atoms with van der Waals surface area (Å²) in [6, 6.07) is 7.45. The molecule has 0 fully saturated rings. The van der Waals surface area contributed by atoms with Gasteiger partial charge in [-0.05, 0) is 30.7 Å². The van der Waals surface area contributed by atoms with E-state index in [-0.39, 0.29) is 11.3 Å². The normalized spacial score (nSPS) is 11.6. The molecule has 0 saturated carbocycles. The molecule has 8 heteroatoms. The van der Waals surface area contributed by atoms with E-state index >= 15 is 0 Å². The van der Waals surface area contributed by atoms with Gasteiger partial charge >= 0.3 is 6.36 Å². The molecule has 0 aliphatic carbocycles. The van der Waals surface area contributed by atoms with Crippen molar-refractivity contribution in [1.29, 1.82) is 0 Å². The lowest BCUT2D eigenvalue weighted by Gasteiger charge is -2.11. The molecule has 0 bridgehead atoms. The molecule has 0 amide bonds. The first-order valence-corrected chi connectivity index (χ1v) is 7.76. The van der Waals surface area contributed by atoms with E-state index < -0.39 is 6.36 Å². The van der Waals surface area contributed by atoms with Crippen LogP contribution in [0, 0.1) is 6.92 Å². The van der Waals surface area contributed by atoms with Gasteiger partial charge in [0.25, 0.3) is 5.56 Å². The van der Waals surface area contributed by atoms with Crippen LogP contribution in [-0.4, -0.2) is 20.5 Å². The molecule has 0 aliphatic heterocycles. The summed E-state index contributed by atoms with van der Waals surface area (Å²) in [4.78, 5) is 16.2. The number of ether oxygens (including phenoxy) is 1. The molecule has 0 spiro atoms. The monoisotopic (exact) mass is 363 g/mol. The van der Waals surface area contributed by atoms with E-state index in [1.54, 1.807) is 50.8 Å². The highest BCUT2D eigenvalue weighted by molar-refractivity contribution is 5.55. The average molecular weight is 363 g/mol. The lowest BCUT2D eigenvalue weighted by molar-refractivity contribution is -0.274. The Hall–Kier alpha value is -3.03. The van der Waals surface area contributed by atoms with Crippen molar-refractivity contribution in [2.45, 2.75) is 19.8 Å². The molecule has 1 aromatic carbocycles. The van der Waals surface area contributed by atoms with Crippen LogP contribution in [0.1, 0.15) is 11.1 Å². The second-order valence-electron chi connectivity index (χ2n) is 5.90. The summed E-state index contributed by atoms with van der Waals surface area (Å²) in [5.41, 5.74) is 2.10. The summed E-state index contributed by atoms with van der Waals surface area (Å²) in [5.74, 6) is 0.403. The zero-order valence-electron chi connectivity index (χ0n) is 14.1. The van der Waals surface area contributed by atoms with E-state index in [2.05, 4.69) is 9.72 Å². The van der Waals surface area contributed by atoms with Gasteiger partial charge in [0.2, 0.25) is 0 Å². The Morgan fingerprint density at radius 3 is 2.50 bits per heavy atom. The van der Waals surface area contributed by atoms with Crippen LogP contribution in [-0.2, 0) is 13.6 Å². The maximum absolute atomic E-state index is 12.2. The Kier molecular flexibility index (Phi) is 4.58. The largest absolute Gasteiger partial charge is 0.573 e. The first kappa shape index (κ1) is 17.8. The van der Waals surface area contributed by atoms with Crippen molar-refractivity contribution in [1.82, 2.24) is 14.1 Å². The van der Waals surface area contributed by atoms with Crippen molar-refractivity contribution in [3.05, 3.63) is 70.4 Å². The molecule has 0 radical (unpaired) electrons. The van der Waals surface area contributed by atoms with E-state index in [1.807, 2.05) is 4.57 Å². The van der Waals surface area contributed by atoms with Gasteiger partial charge in [-0.25, -0.2) is 4.98 Å². The first-order chi connectivity index (χ1) is 12.2. The Morgan fingerprint density at radius 1 is 1.19 bits per heavy atom. The Labute approximate surface area is 147 Å². The molecule has 0 atom stereocenters. The van der Waals surface area contributed by atoms with E-state index in [9.17, 15) is 18.0 Å². The molecule has 0 aliphatic rings. The van der Waals surface area contributed by atoms with Crippen LogP contribution in [0.15, 0.2) is 53.7 Å². The zero-order chi connectivity index (χ0) is 18.9. The van der Waals surface area contributed by atoms with Crippen LogP contribution in [0.25, 0.3) is 11.4 Å². The summed E-state index contributed by atoms with van der Waals surface area (Å²) in [6.45, 7) is 2.15. The summed E-state index contributed by atoms with van der Waals surface area (Å²) in [7, 11) is 1.67. The first-order valence-electron chi connectivity index (χ1n) is 7.76. The third-order valence-corrected chi connectivity index (χ3v) is 3.85. The summed E-state index contributed by atoms with van der Waals surface area (Å²) < 4.78 is 43.9. The van der Waals surface area contributed by atoms with Gasteiger partial charge in [0, 0.05) is 43.3 Å². The minimum atomic E-state index is -4.71. The zero-order valence-corrected chi connectivity index (χ0v) is 14.1. The van der Waals surface area contributed by atoms with E-state index in [1.165, 1.54) is 16.7 Å². The smallest absolute Gasteiger partial charge is 0.406 e. The molecule has 2 aromatic heterocycles.